The fourth-order valence-electron chi connectivity index (χ4n) is 1.77. The van der Waals surface area contributed by atoms with Gasteiger partial charge in [0, 0.05) is 23.5 Å². The number of hydrogen-bond acceptors (Lipinski definition) is 4. The topological polar surface area (TPSA) is 51.2 Å². The number of pyridine rings is 1. The first-order chi connectivity index (χ1) is 10.2. The number of benzene rings is 1. The van der Waals surface area contributed by atoms with Crippen molar-refractivity contribution in [1.82, 2.24) is 4.98 Å². The molecule has 0 radical (unpaired) electrons. The average molecular weight is 282 g/mol. The molecule has 0 bridgehead atoms. The third kappa shape index (κ3) is 4.18. The zero-order chi connectivity index (χ0) is 15.1. The van der Waals surface area contributed by atoms with Gasteiger partial charge in [0.2, 0.25) is 5.88 Å². The van der Waals surface area contributed by atoms with Gasteiger partial charge in [0.15, 0.2) is 6.29 Å². The van der Waals surface area contributed by atoms with E-state index >= 15 is 0 Å². The van der Waals surface area contributed by atoms with Crippen LogP contribution < -0.4 is 10.1 Å². The summed E-state index contributed by atoms with van der Waals surface area (Å²) in [4.78, 5) is 14.7. The Hall–Kier alpha value is -2.62. The zero-order valence-electron chi connectivity index (χ0n) is 12.2. The lowest BCUT2D eigenvalue weighted by Gasteiger charge is -2.09. The van der Waals surface area contributed by atoms with Crippen LogP contribution in [0, 0.1) is 6.92 Å². The van der Waals surface area contributed by atoms with E-state index in [2.05, 4.69) is 23.3 Å². The summed E-state index contributed by atoms with van der Waals surface area (Å²) in [5.41, 5.74) is 2.65. The second-order valence-corrected chi connectivity index (χ2v) is 4.58. The Morgan fingerprint density at radius 2 is 2.14 bits per heavy atom. The summed E-state index contributed by atoms with van der Waals surface area (Å²) in [5.74, 6) is 1.18. The van der Waals surface area contributed by atoms with Crippen molar-refractivity contribution in [2.45, 2.75) is 20.3 Å². The molecule has 0 spiro atoms. The van der Waals surface area contributed by atoms with Gasteiger partial charge in [-0.05, 0) is 49.4 Å². The predicted molar refractivity (Wildman–Crippen MR) is 83.9 cm³/mol. The first kappa shape index (κ1) is 14.8. The van der Waals surface area contributed by atoms with Crippen LogP contribution in [-0.2, 0) is 0 Å². The summed E-state index contributed by atoms with van der Waals surface area (Å²) in [7, 11) is 0. The third-order valence-electron chi connectivity index (χ3n) is 2.91. The van der Waals surface area contributed by atoms with Crippen molar-refractivity contribution in [3.05, 3.63) is 59.9 Å². The Morgan fingerprint density at radius 1 is 1.29 bits per heavy atom. The van der Waals surface area contributed by atoms with E-state index in [1.165, 1.54) is 6.20 Å². The summed E-state index contributed by atoms with van der Waals surface area (Å²) in [5, 5.41) is 3.23. The molecule has 108 valence electrons. The molecule has 1 heterocycles. The molecule has 2 rings (SSSR count). The number of nitrogens with one attached hydrogen (secondary N) is 1. The highest BCUT2D eigenvalue weighted by molar-refractivity contribution is 5.74. The van der Waals surface area contributed by atoms with Crippen molar-refractivity contribution < 1.29 is 9.53 Å². The van der Waals surface area contributed by atoms with Crippen LogP contribution in [0.25, 0.3) is 0 Å². The van der Waals surface area contributed by atoms with Gasteiger partial charge in [0.1, 0.15) is 5.75 Å². The highest BCUT2D eigenvalue weighted by Gasteiger charge is 2.02. The van der Waals surface area contributed by atoms with Gasteiger partial charge in [-0.15, -0.1) is 0 Å². The summed E-state index contributed by atoms with van der Waals surface area (Å²) in [6, 6.07) is 9.13. The van der Waals surface area contributed by atoms with E-state index in [9.17, 15) is 4.79 Å². The van der Waals surface area contributed by atoms with E-state index in [-0.39, 0.29) is 0 Å². The summed E-state index contributed by atoms with van der Waals surface area (Å²) in [6.45, 7) is 4.10. The minimum Gasteiger partial charge on any atom is -0.439 e. The number of anilines is 1. The maximum Gasteiger partial charge on any atom is 0.219 e. The third-order valence-corrected chi connectivity index (χ3v) is 2.91. The number of ether oxygens (including phenoxy) is 1. The van der Waals surface area contributed by atoms with Crippen LogP contribution in [0.4, 0.5) is 5.69 Å². The normalized spacial score (nSPS) is 10.6. The second kappa shape index (κ2) is 7.24. The number of rotatable bonds is 6. The molecule has 0 saturated heterocycles. The number of aryl methyl sites for hydroxylation is 1. The number of aromatic nitrogens is 1. The van der Waals surface area contributed by atoms with Crippen LogP contribution >= 0.6 is 0 Å². The first-order valence-corrected chi connectivity index (χ1v) is 6.84. The average Bonchev–Trinajstić information content (AvgIpc) is 2.50. The molecule has 0 aliphatic rings. The number of aldehydes is 1. The lowest BCUT2D eigenvalue weighted by atomic mass is 10.2. The van der Waals surface area contributed by atoms with Crippen LogP contribution in [0.1, 0.15) is 29.3 Å². The zero-order valence-corrected chi connectivity index (χ0v) is 12.2. The minimum absolute atomic E-state index is 0.464. The molecule has 4 heteroatoms. The van der Waals surface area contributed by atoms with Crippen molar-refractivity contribution in [2.75, 3.05) is 5.32 Å². The Kier molecular flexibility index (Phi) is 5.10. The van der Waals surface area contributed by atoms with Crippen LogP contribution in [0.15, 0.2) is 48.8 Å². The van der Waals surface area contributed by atoms with E-state index in [4.69, 9.17) is 4.74 Å². The van der Waals surface area contributed by atoms with Crippen molar-refractivity contribution in [3.8, 4) is 11.6 Å². The lowest BCUT2D eigenvalue weighted by molar-refractivity contribution is 0.112. The van der Waals surface area contributed by atoms with Crippen molar-refractivity contribution in [1.29, 1.82) is 0 Å². The molecule has 0 saturated carbocycles. The number of nitrogens with zero attached hydrogens (tertiary/aromatic N) is 1. The first-order valence-electron chi connectivity index (χ1n) is 6.84. The Labute approximate surface area is 124 Å². The molecule has 0 unspecified atom stereocenters. The fourth-order valence-corrected chi connectivity index (χ4v) is 1.77. The number of hydrogen-bond donors (Lipinski definition) is 1. The van der Waals surface area contributed by atoms with Gasteiger partial charge in [0.05, 0.1) is 0 Å². The van der Waals surface area contributed by atoms with Gasteiger partial charge >= 0.3 is 0 Å². The Morgan fingerprint density at radius 3 is 2.76 bits per heavy atom. The van der Waals surface area contributed by atoms with Crippen LogP contribution in [0.3, 0.4) is 0 Å². The van der Waals surface area contributed by atoms with E-state index in [1.807, 2.05) is 31.3 Å². The molecular weight excluding hydrogens is 264 g/mol. The number of carbonyl (C=O) groups is 1. The molecule has 0 amide bonds. The predicted octanol–water partition coefficient (Wildman–Crippen LogP) is 4.33. The van der Waals surface area contributed by atoms with E-state index in [0.717, 1.165) is 24.0 Å². The standard InChI is InChI=1S/C17H18N2O2/c1-3-4-9-18-16-7-6-15(10-13(16)2)21-17-8-5-14(12-20)11-19-17/h4-12,18H,3H2,1-2H3/b9-4+. The van der Waals surface area contributed by atoms with Gasteiger partial charge in [-0.3, -0.25) is 4.79 Å². The van der Waals surface area contributed by atoms with Crippen molar-refractivity contribution in [2.24, 2.45) is 0 Å². The smallest absolute Gasteiger partial charge is 0.219 e. The number of allylic oxidation sites excluding steroid dienone is 1. The largest absolute Gasteiger partial charge is 0.439 e. The molecule has 0 atom stereocenters. The molecule has 21 heavy (non-hydrogen) atoms. The highest BCUT2D eigenvalue weighted by atomic mass is 16.5. The van der Waals surface area contributed by atoms with E-state index in [1.54, 1.807) is 12.1 Å². The lowest BCUT2D eigenvalue weighted by Crippen LogP contribution is -1.93. The monoisotopic (exact) mass is 282 g/mol. The molecule has 1 aromatic carbocycles. The molecule has 0 aliphatic carbocycles. The fraction of sp³-hybridized carbons (Fsp3) is 0.176. The van der Waals surface area contributed by atoms with Crippen molar-refractivity contribution >= 4 is 12.0 Å². The van der Waals surface area contributed by atoms with E-state index < -0.39 is 0 Å². The number of carbonyl (C=O) groups excluding carboxylic acids is 1. The molecule has 0 aliphatic heterocycles. The molecule has 1 aromatic heterocycles. The molecular formula is C17H18N2O2. The van der Waals surface area contributed by atoms with Crippen molar-refractivity contribution in [3.63, 3.8) is 0 Å². The Balaban J connectivity index is 2.08. The summed E-state index contributed by atoms with van der Waals surface area (Å²) < 4.78 is 5.67. The molecule has 1 N–H and O–H groups in total. The molecule has 4 nitrogen and oxygen atoms in total. The maximum absolute atomic E-state index is 10.6. The Bertz CT molecular complexity index is 634. The quantitative estimate of drug-likeness (QED) is 0.801. The minimum atomic E-state index is 0.464. The van der Waals surface area contributed by atoms with Gasteiger partial charge < -0.3 is 10.1 Å². The van der Waals surface area contributed by atoms with Gasteiger partial charge in [-0.2, -0.15) is 0 Å². The SMILES string of the molecule is CC/C=C/Nc1ccc(Oc2ccc(C=O)cn2)cc1C. The highest BCUT2D eigenvalue weighted by Crippen LogP contribution is 2.25. The van der Waals surface area contributed by atoms with Gasteiger partial charge in [-0.1, -0.05) is 13.0 Å². The van der Waals surface area contributed by atoms with Gasteiger partial charge in [0.25, 0.3) is 0 Å². The maximum atomic E-state index is 10.6. The van der Waals surface area contributed by atoms with Crippen LogP contribution in [0.2, 0.25) is 0 Å². The van der Waals surface area contributed by atoms with Gasteiger partial charge in [-0.25, -0.2) is 4.98 Å². The van der Waals surface area contributed by atoms with Crippen LogP contribution in [-0.4, -0.2) is 11.3 Å². The van der Waals surface area contributed by atoms with Crippen LogP contribution in [0.5, 0.6) is 11.6 Å². The molecule has 0 fully saturated rings. The van der Waals surface area contributed by atoms with E-state index in [0.29, 0.717) is 17.2 Å². The summed E-state index contributed by atoms with van der Waals surface area (Å²) in [6.07, 6.45) is 7.23. The second-order valence-electron chi connectivity index (χ2n) is 4.58. The summed E-state index contributed by atoms with van der Waals surface area (Å²) >= 11 is 0. The molecule has 2 aromatic rings.